The van der Waals surface area contributed by atoms with Crippen LogP contribution in [0.25, 0.3) is 0 Å². The molecule has 0 saturated carbocycles. The first kappa shape index (κ1) is 17.1. The molecule has 0 radical (unpaired) electrons. The first-order chi connectivity index (χ1) is 11.0. The first-order valence-electron chi connectivity index (χ1n) is 7.07. The van der Waals surface area contributed by atoms with Crippen molar-refractivity contribution >= 4 is 21.5 Å². The molecule has 23 heavy (non-hydrogen) atoms. The van der Waals surface area contributed by atoms with Gasteiger partial charge in [0.05, 0.1) is 30.8 Å². The normalized spacial score (nSPS) is 11.7. The predicted molar refractivity (Wildman–Crippen MR) is 88.0 cm³/mol. The van der Waals surface area contributed by atoms with Crippen LogP contribution in [-0.2, 0) is 14.3 Å². The molecule has 0 aliphatic rings. The fourth-order valence-electron chi connectivity index (χ4n) is 1.68. The van der Waals surface area contributed by atoms with Crippen LogP contribution in [0.4, 0.5) is 11.4 Å². The highest BCUT2D eigenvalue weighted by Gasteiger charge is 2.01. The largest absolute Gasteiger partial charge is 0.494 e. The van der Waals surface area contributed by atoms with E-state index in [4.69, 9.17) is 4.74 Å². The third kappa shape index (κ3) is 7.03. The maximum Gasteiger partial charge on any atom is 0.264 e. The average molecular weight is 334 g/mol. The van der Waals surface area contributed by atoms with Gasteiger partial charge in [0.2, 0.25) is 0 Å². The van der Waals surface area contributed by atoms with E-state index in [0.29, 0.717) is 18.8 Å². The third-order valence-corrected chi connectivity index (χ3v) is 3.32. The zero-order chi connectivity index (χ0) is 16.5. The Hall–Kier alpha value is -2.25. The van der Waals surface area contributed by atoms with Crippen molar-refractivity contribution in [1.29, 1.82) is 0 Å². The van der Waals surface area contributed by atoms with Crippen LogP contribution in [0, 0.1) is 0 Å². The molecule has 0 aliphatic heterocycles. The van der Waals surface area contributed by atoms with Gasteiger partial charge in [-0.3, -0.25) is 4.18 Å². The fourth-order valence-corrected chi connectivity index (χ4v) is 2.10. The van der Waals surface area contributed by atoms with Gasteiger partial charge in [-0.15, -0.1) is 0 Å². The van der Waals surface area contributed by atoms with Crippen molar-refractivity contribution in [2.45, 2.75) is 6.42 Å². The van der Waals surface area contributed by atoms with Gasteiger partial charge < -0.3 is 4.74 Å². The molecule has 0 saturated heterocycles. The maximum absolute atomic E-state index is 10.8. The smallest absolute Gasteiger partial charge is 0.264 e. The van der Waals surface area contributed by atoms with Crippen LogP contribution in [0.1, 0.15) is 6.42 Å². The van der Waals surface area contributed by atoms with E-state index in [1.165, 1.54) is 0 Å². The molecule has 6 nitrogen and oxygen atoms in total. The summed E-state index contributed by atoms with van der Waals surface area (Å²) in [4.78, 5) is 0. The average Bonchev–Trinajstić information content (AvgIpc) is 2.54. The molecule has 0 unspecified atom stereocenters. The summed E-state index contributed by atoms with van der Waals surface area (Å²) in [5, 5.41) is 8.26. The van der Waals surface area contributed by atoms with E-state index in [1.807, 2.05) is 30.3 Å². The molecule has 0 atom stereocenters. The lowest BCUT2D eigenvalue weighted by molar-refractivity contribution is 0.252. The SMILES string of the molecule is CS(=O)(=O)OCCCOc1ccc(N=Nc2ccccc2)cc1. The monoisotopic (exact) mass is 334 g/mol. The molecule has 0 bridgehead atoms. The van der Waals surface area contributed by atoms with E-state index >= 15 is 0 Å². The molecule has 122 valence electrons. The molecule has 0 amide bonds. The molecule has 0 heterocycles. The predicted octanol–water partition coefficient (Wildman–Crippen LogP) is 3.85. The quantitative estimate of drug-likeness (QED) is 0.417. The van der Waals surface area contributed by atoms with E-state index in [1.54, 1.807) is 24.3 Å². The highest BCUT2D eigenvalue weighted by molar-refractivity contribution is 7.85. The summed E-state index contributed by atoms with van der Waals surface area (Å²) in [6.45, 7) is 0.489. The summed E-state index contributed by atoms with van der Waals surface area (Å²) >= 11 is 0. The molecule has 7 heteroatoms. The molecule has 0 spiro atoms. The van der Waals surface area contributed by atoms with Crippen LogP contribution >= 0.6 is 0 Å². The highest BCUT2D eigenvalue weighted by Crippen LogP contribution is 2.21. The minimum Gasteiger partial charge on any atom is -0.494 e. The van der Waals surface area contributed by atoms with Gasteiger partial charge in [0, 0.05) is 6.42 Å². The Bertz CT molecular complexity index is 728. The van der Waals surface area contributed by atoms with Crippen LogP contribution < -0.4 is 4.74 Å². The van der Waals surface area contributed by atoms with Gasteiger partial charge in [0.25, 0.3) is 10.1 Å². The number of azo groups is 1. The highest BCUT2D eigenvalue weighted by atomic mass is 32.2. The molecule has 2 aromatic rings. The Kier molecular flexibility index (Phi) is 6.25. The van der Waals surface area contributed by atoms with E-state index < -0.39 is 10.1 Å². The summed E-state index contributed by atoms with van der Waals surface area (Å²) in [6, 6.07) is 16.7. The summed E-state index contributed by atoms with van der Waals surface area (Å²) in [7, 11) is -3.38. The van der Waals surface area contributed by atoms with E-state index in [-0.39, 0.29) is 6.61 Å². The summed E-state index contributed by atoms with van der Waals surface area (Å²) in [6.07, 6.45) is 1.51. The topological polar surface area (TPSA) is 77.3 Å². The summed E-state index contributed by atoms with van der Waals surface area (Å²) in [5.74, 6) is 0.683. The van der Waals surface area contributed by atoms with Gasteiger partial charge in [-0.05, 0) is 36.4 Å². The minimum atomic E-state index is -3.38. The van der Waals surface area contributed by atoms with Gasteiger partial charge in [0.1, 0.15) is 5.75 Å². The number of rotatable bonds is 8. The molecule has 0 aliphatic carbocycles. The number of nitrogens with zero attached hydrogens (tertiary/aromatic N) is 2. The number of hydrogen-bond acceptors (Lipinski definition) is 6. The van der Waals surface area contributed by atoms with Crippen molar-refractivity contribution in [3.05, 3.63) is 54.6 Å². The lowest BCUT2D eigenvalue weighted by Gasteiger charge is -2.06. The molecular formula is C16H18N2O4S. The number of benzene rings is 2. The second-order valence-corrected chi connectivity index (χ2v) is 6.40. The zero-order valence-corrected chi connectivity index (χ0v) is 13.6. The van der Waals surface area contributed by atoms with E-state index in [9.17, 15) is 8.42 Å². The van der Waals surface area contributed by atoms with E-state index in [0.717, 1.165) is 17.6 Å². The first-order valence-corrected chi connectivity index (χ1v) is 8.89. The Labute approximate surface area is 135 Å². The summed E-state index contributed by atoms with van der Waals surface area (Å²) < 4.78 is 31.7. The Balaban J connectivity index is 1.77. The van der Waals surface area contributed by atoms with Crippen molar-refractivity contribution in [2.75, 3.05) is 19.5 Å². The van der Waals surface area contributed by atoms with Crippen LogP contribution in [0.15, 0.2) is 64.8 Å². The molecular weight excluding hydrogens is 316 g/mol. The number of hydrogen-bond donors (Lipinski definition) is 0. The van der Waals surface area contributed by atoms with Gasteiger partial charge in [-0.2, -0.15) is 18.6 Å². The fraction of sp³-hybridized carbons (Fsp3) is 0.250. The second-order valence-electron chi connectivity index (χ2n) is 4.76. The molecule has 2 aromatic carbocycles. The number of ether oxygens (including phenoxy) is 1. The van der Waals surface area contributed by atoms with Crippen LogP contribution in [0.5, 0.6) is 5.75 Å². The lowest BCUT2D eigenvalue weighted by Crippen LogP contribution is -2.07. The van der Waals surface area contributed by atoms with Gasteiger partial charge in [-0.1, -0.05) is 18.2 Å². The standard InChI is InChI=1S/C16H18N2O4S/c1-23(19,20)22-13-5-12-21-16-10-8-15(9-11-16)18-17-14-6-3-2-4-7-14/h2-4,6-11H,5,12-13H2,1H3. The van der Waals surface area contributed by atoms with Gasteiger partial charge >= 0.3 is 0 Å². The van der Waals surface area contributed by atoms with Gasteiger partial charge in [-0.25, -0.2) is 0 Å². The second kappa shape index (κ2) is 8.40. The van der Waals surface area contributed by atoms with Crippen LogP contribution in [-0.4, -0.2) is 27.9 Å². The molecule has 0 aromatic heterocycles. The van der Waals surface area contributed by atoms with Crippen molar-refractivity contribution in [3.63, 3.8) is 0 Å². The minimum absolute atomic E-state index is 0.113. The molecule has 2 rings (SSSR count). The zero-order valence-electron chi connectivity index (χ0n) is 12.8. The maximum atomic E-state index is 10.8. The Morgan fingerprint density at radius 2 is 1.48 bits per heavy atom. The van der Waals surface area contributed by atoms with Crippen molar-refractivity contribution in [2.24, 2.45) is 10.2 Å². The van der Waals surface area contributed by atoms with Crippen molar-refractivity contribution < 1.29 is 17.3 Å². The van der Waals surface area contributed by atoms with Crippen LogP contribution in [0.2, 0.25) is 0 Å². The molecule has 0 N–H and O–H groups in total. The van der Waals surface area contributed by atoms with Crippen molar-refractivity contribution in [3.8, 4) is 5.75 Å². The van der Waals surface area contributed by atoms with Crippen molar-refractivity contribution in [1.82, 2.24) is 0 Å². The van der Waals surface area contributed by atoms with Gasteiger partial charge in [0.15, 0.2) is 0 Å². The van der Waals surface area contributed by atoms with E-state index in [2.05, 4.69) is 14.4 Å². The van der Waals surface area contributed by atoms with Crippen LogP contribution in [0.3, 0.4) is 0 Å². The Morgan fingerprint density at radius 3 is 2.09 bits per heavy atom. The lowest BCUT2D eigenvalue weighted by atomic mass is 10.3. The Morgan fingerprint density at radius 1 is 0.870 bits per heavy atom. The summed E-state index contributed by atoms with van der Waals surface area (Å²) in [5.41, 5.74) is 1.51. The molecule has 0 fully saturated rings. The third-order valence-electron chi connectivity index (χ3n) is 2.73.